The van der Waals surface area contributed by atoms with Crippen molar-refractivity contribution in [3.05, 3.63) is 0 Å². The lowest BCUT2D eigenvalue weighted by atomic mass is 10.2. The molecule has 0 aliphatic heterocycles. The van der Waals surface area contributed by atoms with Gasteiger partial charge in [-0.05, 0) is 0 Å². The van der Waals surface area contributed by atoms with Crippen LogP contribution in [0.5, 0.6) is 0 Å². The van der Waals surface area contributed by atoms with Gasteiger partial charge in [0, 0.05) is 13.5 Å². The normalized spacial score (nSPS) is 16.7. The van der Waals surface area contributed by atoms with Crippen molar-refractivity contribution in [2.45, 2.75) is 62.3 Å². The minimum atomic E-state index is -7.53. The van der Waals surface area contributed by atoms with Crippen LogP contribution in [-0.2, 0) is 18.9 Å². The predicted molar refractivity (Wildman–Crippen MR) is 60.1 cm³/mol. The van der Waals surface area contributed by atoms with Gasteiger partial charge in [-0.2, -0.15) is 43.9 Å². The van der Waals surface area contributed by atoms with Crippen LogP contribution in [0.3, 0.4) is 0 Å². The first-order valence-corrected chi connectivity index (χ1v) is 6.83. The van der Waals surface area contributed by atoms with Crippen molar-refractivity contribution < 1.29 is 84.8 Å². The van der Waals surface area contributed by atoms with Crippen LogP contribution in [0.2, 0.25) is 0 Å². The zero-order valence-corrected chi connectivity index (χ0v) is 14.1. The monoisotopic (exact) mass is 490 g/mol. The molecule has 0 radical (unpaired) electrons. The maximum absolute atomic E-state index is 13.2. The van der Waals surface area contributed by atoms with E-state index in [9.17, 15) is 65.9 Å². The van der Waals surface area contributed by atoms with E-state index in [2.05, 4.69) is 9.47 Å². The Morgan fingerprint density at radius 2 is 1.03 bits per heavy atom. The number of halogens is 15. The topological polar surface area (TPSA) is 36.9 Å². The van der Waals surface area contributed by atoms with Gasteiger partial charge in [0.1, 0.15) is 0 Å². The van der Waals surface area contributed by atoms with Gasteiger partial charge in [-0.1, -0.05) is 6.92 Å². The van der Waals surface area contributed by atoms with Gasteiger partial charge in [0.05, 0.1) is 0 Å². The lowest BCUT2D eigenvalue weighted by molar-refractivity contribution is -0.564. The second-order valence-corrected chi connectivity index (χ2v) is 5.06. The first-order valence-electron chi connectivity index (χ1n) is 6.83. The first kappa shape index (κ1) is 28.8. The van der Waals surface area contributed by atoms with Crippen LogP contribution in [0.4, 0.5) is 65.9 Å². The van der Waals surface area contributed by atoms with E-state index in [-0.39, 0.29) is 7.11 Å². The third-order valence-corrected chi connectivity index (χ3v) is 2.87. The van der Waals surface area contributed by atoms with E-state index in [1.165, 1.54) is 0 Å². The first-order chi connectivity index (χ1) is 12.9. The fourth-order valence-electron chi connectivity index (χ4n) is 1.15. The molecule has 4 nitrogen and oxygen atoms in total. The summed E-state index contributed by atoms with van der Waals surface area (Å²) in [5.41, 5.74) is 0. The molecule has 0 fully saturated rings. The molecule has 0 bridgehead atoms. The Morgan fingerprint density at radius 3 is 1.40 bits per heavy atom. The molecular formula is C11H9F15O4. The number of methoxy groups -OCH3 is 1. The molecule has 0 aromatic rings. The Labute approximate surface area is 155 Å². The van der Waals surface area contributed by atoms with Crippen molar-refractivity contribution in [1.82, 2.24) is 0 Å². The van der Waals surface area contributed by atoms with Crippen LogP contribution < -0.4 is 0 Å². The van der Waals surface area contributed by atoms with Crippen LogP contribution >= 0.6 is 0 Å². The lowest BCUT2D eigenvalue weighted by Gasteiger charge is -2.36. The van der Waals surface area contributed by atoms with Crippen LogP contribution in [0.15, 0.2) is 0 Å². The molecule has 0 amide bonds. The highest BCUT2D eigenvalue weighted by atomic mass is 19.4. The Bertz CT molecular complexity index is 579. The van der Waals surface area contributed by atoms with Crippen molar-refractivity contribution in [2.24, 2.45) is 0 Å². The molecule has 0 aliphatic rings. The highest BCUT2D eigenvalue weighted by molar-refractivity contribution is 4.89. The molecular weight excluding hydrogens is 481 g/mol. The third-order valence-electron chi connectivity index (χ3n) is 2.87. The molecule has 0 aromatic heterocycles. The molecule has 0 aromatic carbocycles. The van der Waals surface area contributed by atoms with Crippen LogP contribution in [0.1, 0.15) is 13.3 Å². The van der Waals surface area contributed by atoms with Gasteiger partial charge in [-0.25, -0.2) is 22.6 Å². The largest absolute Gasteiger partial charge is 0.490 e. The smallest absolute Gasteiger partial charge is 0.299 e. The average Bonchev–Trinajstić information content (AvgIpc) is 2.51. The van der Waals surface area contributed by atoms with Crippen LogP contribution in [0.25, 0.3) is 0 Å². The molecule has 0 rings (SSSR count). The van der Waals surface area contributed by atoms with Crippen molar-refractivity contribution >= 4 is 0 Å². The predicted octanol–water partition coefficient (Wildman–Crippen LogP) is 5.58. The molecule has 30 heavy (non-hydrogen) atoms. The molecule has 0 saturated heterocycles. The van der Waals surface area contributed by atoms with E-state index in [4.69, 9.17) is 0 Å². The van der Waals surface area contributed by atoms with E-state index in [0.717, 1.165) is 0 Å². The summed E-state index contributed by atoms with van der Waals surface area (Å²) in [7, 11) is -0.130. The van der Waals surface area contributed by atoms with Crippen LogP contribution in [-0.4, -0.2) is 56.0 Å². The van der Waals surface area contributed by atoms with Gasteiger partial charge in [-0.3, -0.25) is 9.47 Å². The number of rotatable bonds is 12. The maximum atomic E-state index is 13.2. The fraction of sp³-hybridized carbons (Fsp3) is 1.00. The van der Waals surface area contributed by atoms with Crippen molar-refractivity contribution in [1.29, 1.82) is 0 Å². The van der Waals surface area contributed by atoms with E-state index >= 15 is 0 Å². The number of hydrogen-bond donors (Lipinski definition) is 0. The molecule has 182 valence electrons. The van der Waals surface area contributed by atoms with E-state index in [0.29, 0.717) is 6.92 Å². The summed E-state index contributed by atoms with van der Waals surface area (Å²) in [4.78, 5) is 0. The van der Waals surface area contributed by atoms with E-state index in [1.807, 2.05) is 4.74 Å². The molecule has 0 saturated carbocycles. The zero-order valence-electron chi connectivity index (χ0n) is 14.1. The van der Waals surface area contributed by atoms with Gasteiger partial charge >= 0.3 is 42.6 Å². The third kappa shape index (κ3) is 5.94. The number of hydrogen-bond acceptors (Lipinski definition) is 4. The Morgan fingerprint density at radius 1 is 0.633 bits per heavy atom. The summed E-state index contributed by atoms with van der Waals surface area (Å²) in [6, 6.07) is 0. The lowest BCUT2D eigenvalue weighted by Crippen LogP contribution is -2.62. The standard InChI is InChI=1S/C11H9F15O4/c1-3-5(13,14)4(12)28-7(17,18)6(15,16)8(19,20)29-9(21,22)10(23,24)30-11(25,26)27-2/h4H,3H2,1-2H3. The minimum absolute atomic E-state index is 0.130. The Balaban J connectivity index is 5.82. The average molecular weight is 490 g/mol. The van der Waals surface area contributed by atoms with Crippen LogP contribution in [0, 0.1) is 0 Å². The minimum Gasteiger partial charge on any atom is -0.299 e. The molecule has 1 atom stereocenters. The second-order valence-electron chi connectivity index (χ2n) is 5.06. The highest BCUT2D eigenvalue weighted by Crippen LogP contribution is 2.52. The summed E-state index contributed by atoms with van der Waals surface area (Å²) in [5.74, 6) is -12.5. The van der Waals surface area contributed by atoms with Gasteiger partial charge in [-0.15, -0.1) is 8.78 Å². The highest BCUT2D eigenvalue weighted by Gasteiger charge is 2.80. The number of ether oxygens (including phenoxy) is 4. The maximum Gasteiger partial charge on any atom is 0.490 e. The Kier molecular flexibility index (Phi) is 8.04. The molecule has 0 heterocycles. The molecule has 0 N–H and O–H groups in total. The fourth-order valence-corrected chi connectivity index (χ4v) is 1.15. The SMILES string of the molecule is CCC(F)(F)C(F)OC(F)(F)C(F)(F)C(F)(F)OC(F)(F)C(F)(F)OC(F)(F)OC. The second kappa shape index (κ2) is 8.38. The van der Waals surface area contributed by atoms with Crippen molar-refractivity contribution in [3.63, 3.8) is 0 Å². The summed E-state index contributed by atoms with van der Waals surface area (Å²) in [6.07, 6.45) is -40.7. The summed E-state index contributed by atoms with van der Waals surface area (Å²) < 4.78 is 202. The molecule has 19 heteroatoms. The number of alkyl halides is 15. The quantitative estimate of drug-likeness (QED) is 0.265. The van der Waals surface area contributed by atoms with Gasteiger partial charge in [0.2, 0.25) is 0 Å². The van der Waals surface area contributed by atoms with E-state index in [1.54, 1.807) is 4.74 Å². The van der Waals surface area contributed by atoms with Crippen molar-refractivity contribution in [2.75, 3.05) is 7.11 Å². The van der Waals surface area contributed by atoms with Gasteiger partial charge < -0.3 is 0 Å². The summed E-state index contributed by atoms with van der Waals surface area (Å²) >= 11 is 0. The summed E-state index contributed by atoms with van der Waals surface area (Å²) in [6.45, 7) is 0.405. The van der Waals surface area contributed by atoms with Crippen molar-refractivity contribution in [3.8, 4) is 0 Å². The molecule has 0 spiro atoms. The van der Waals surface area contributed by atoms with Gasteiger partial charge in [0.25, 0.3) is 6.36 Å². The van der Waals surface area contributed by atoms with E-state index < -0.39 is 55.4 Å². The van der Waals surface area contributed by atoms with Gasteiger partial charge in [0.15, 0.2) is 0 Å². The summed E-state index contributed by atoms with van der Waals surface area (Å²) in [5, 5.41) is 0. The molecule has 0 aliphatic carbocycles. The Hall–Kier alpha value is -1.21. The molecule has 1 unspecified atom stereocenters. The zero-order chi connectivity index (χ0) is 24.6.